The zero-order chi connectivity index (χ0) is 20.1. The first-order valence-electron chi connectivity index (χ1n) is 9.14. The number of amides is 1. The molecule has 4 rings (SSSR count). The first-order valence-corrected chi connectivity index (χ1v) is 9.55. The highest BCUT2D eigenvalue weighted by Crippen LogP contribution is 2.46. The molecule has 0 unspecified atom stereocenters. The Bertz CT molecular complexity index is 977. The van der Waals surface area contributed by atoms with E-state index in [1.54, 1.807) is 7.11 Å². The number of nitrogens with one attached hydrogen (secondary N) is 3. The number of hydrogen-bond acceptors (Lipinski definition) is 4. The monoisotopic (exact) mass is 397 g/mol. The largest absolute Gasteiger partial charge is 0.497 e. The van der Waals surface area contributed by atoms with Crippen molar-refractivity contribution in [2.75, 3.05) is 12.4 Å². The van der Waals surface area contributed by atoms with Crippen LogP contribution in [0.3, 0.4) is 0 Å². The van der Waals surface area contributed by atoms with Crippen molar-refractivity contribution in [1.29, 1.82) is 0 Å². The van der Waals surface area contributed by atoms with E-state index < -0.39 is 11.6 Å². The van der Waals surface area contributed by atoms with Crippen LogP contribution in [0.1, 0.15) is 29.7 Å². The van der Waals surface area contributed by atoms with E-state index in [-0.39, 0.29) is 11.9 Å². The normalized spacial score (nSPS) is 24.9. The summed E-state index contributed by atoms with van der Waals surface area (Å²) in [4.78, 5) is 13.3. The first kappa shape index (κ1) is 18.6. The maximum absolute atomic E-state index is 13.3. The molecule has 1 amide bonds. The summed E-state index contributed by atoms with van der Waals surface area (Å²) in [5.74, 6) is 0.715. The predicted octanol–water partition coefficient (Wildman–Crippen LogP) is 3.19. The van der Waals surface area contributed by atoms with Crippen molar-refractivity contribution in [1.82, 2.24) is 10.6 Å². The molecule has 2 aliphatic rings. The summed E-state index contributed by atoms with van der Waals surface area (Å²) in [7, 11) is 1.61. The maximum Gasteiger partial charge on any atom is 0.236 e. The molecule has 3 atom stereocenters. The number of rotatable bonds is 3. The molecule has 2 aromatic carbocycles. The average molecular weight is 398 g/mol. The van der Waals surface area contributed by atoms with Gasteiger partial charge in [-0.15, -0.1) is 0 Å². The number of methoxy groups -OCH3 is 1. The number of carbonyl (C=O) groups excluding carboxylic acids is 1. The number of thiocarbonyl (C=S) groups is 1. The van der Waals surface area contributed by atoms with Gasteiger partial charge in [0.2, 0.25) is 5.91 Å². The number of carbonyl (C=O) groups is 1. The third-order valence-electron chi connectivity index (χ3n) is 5.37. The molecule has 0 saturated carbocycles. The Balaban J connectivity index is 1.73. The standard InChI is InChI=1S/C21H23N3O3S/c1-11-5-7-15(12(2)9-11)22-19(25)17-18-14-10-13(26-4)6-8-16(14)27-21(17,3)24-20(28)23-18/h5-10,17-18H,1-4H3,(H,22,25)(H2,23,24,28)/t17-,18+,21+/m0/s1. The maximum atomic E-state index is 13.3. The first-order chi connectivity index (χ1) is 13.3. The minimum absolute atomic E-state index is 0.143. The highest BCUT2D eigenvalue weighted by atomic mass is 32.1. The molecule has 2 bridgehead atoms. The van der Waals surface area contributed by atoms with E-state index in [2.05, 4.69) is 16.0 Å². The van der Waals surface area contributed by atoms with Crippen LogP contribution in [0.15, 0.2) is 36.4 Å². The number of anilines is 1. The van der Waals surface area contributed by atoms with Gasteiger partial charge in [-0.25, -0.2) is 0 Å². The van der Waals surface area contributed by atoms with Crippen molar-refractivity contribution >= 4 is 28.9 Å². The zero-order valence-corrected chi connectivity index (χ0v) is 17.1. The lowest BCUT2D eigenvalue weighted by Crippen LogP contribution is -2.70. The molecule has 0 radical (unpaired) electrons. The summed E-state index contributed by atoms with van der Waals surface area (Å²) < 4.78 is 11.6. The van der Waals surface area contributed by atoms with Crippen molar-refractivity contribution < 1.29 is 14.3 Å². The fraction of sp³-hybridized carbons (Fsp3) is 0.333. The quantitative estimate of drug-likeness (QED) is 0.691. The van der Waals surface area contributed by atoms with Crippen LogP contribution in [0.4, 0.5) is 5.69 Å². The lowest BCUT2D eigenvalue weighted by molar-refractivity contribution is -0.132. The van der Waals surface area contributed by atoms with Crippen LogP contribution in [-0.2, 0) is 4.79 Å². The molecular weight excluding hydrogens is 374 g/mol. The number of hydrogen-bond donors (Lipinski definition) is 3. The van der Waals surface area contributed by atoms with Gasteiger partial charge in [-0.3, -0.25) is 4.79 Å². The topological polar surface area (TPSA) is 71.6 Å². The van der Waals surface area contributed by atoms with Crippen LogP contribution in [0.5, 0.6) is 11.5 Å². The van der Waals surface area contributed by atoms with Crippen molar-refractivity contribution in [2.24, 2.45) is 5.92 Å². The van der Waals surface area contributed by atoms with E-state index in [0.29, 0.717) is 16.6 Å². The fourth-order valence-corrected chi connectivity index (χ4v) is 4.34. The predicted molar refractivity (Wildman–Crippen MR) is 112 cm³/mol. The Labute approximate surface area is 169 Å². The third-order valence-corrected chi connectivity index (χ3v) is 5.59. The highest BCUT2D eigenvalue weighted by molar-refractivity contribution is 7.80. The molecule has 146 valence electrons. The minimum Gasteiger partial charge on any atom is -0.497 e. The van der Waals surface area contributed by atoms with Gasteiger partial charge in [-0.05, 0) is 62.8 Å². The van der Waals surface area contributed by atoms with Gasteiger partial charge in [0.1, 0.15) is 17.4 Å². The second-order valence-electron chi connectivity index (χ2n) is 7.47. The number of fused-ring (bicyclic) bond motifs is 4. The van der Waals surface area contributed by atoms with Gasteiger partial charge in [0.25, 0.3) is 0 Å². The van der Waals surface area contributed by atoms with Crippen molar-refractivity contribution in [2.45, 2.75) is 32.5 Å². The molecular formula is C21H23N3O3S. The molecule has 0 aliphatic carbocycles. The summed E-state index contributed by atoms with van der Waals surface area (Å²) in [5.41, 5.74) is 2.84. The Hall–Kier alpha value is -2.80. The van der Waals surface area contributed by atoms with E-state index in [1.807, 2.05) is 57.2 Å². The van der Waals surface area contributed by atoms with Gasteiger partial charge in [0, 0.05) is 11.3 Å². The Morgan fingerprint density at radius 3 is 2.75 bits per heavy atom. The summed E-state index contributed by atoms with van der Waals surface area (Å²) >= 11 is 5.36. The highest BCUT2D eigenvalue weighted by Gasteiger charge is 2.54. The van der Waals surface area contributed by atoms with Crippen LogP contribution < -0.4 is 25.4 Å². The van der Waals surface area contributed by atoms with Crippen LogP contribution in [-0.4, -0.2) is 23.9 Å². The SMILES string of the molecule is COc1ccc2c(c1)[C@H]1NC(=S)N[C@](C)(O2)[C@@H]1C(=O)Nc1ccc(C)cc1C. The van der Waals surface area contributed by atoms with E-state index in [9.17, 15) is 4.79 Å². The number of ether oxygens (including phenoxy) is 2. The lowest BCUT2D eigenvalue weighted by atomic mass is 9.79. The van der Waals surface area contributed by atoms with Gasteiger partial charge < -0.3 is 25.4 Å². The molecule has 0 aromatic heterocycles. The van der Waals surface area contributed by atoms with Crippen LogP contribution >= 0.6 is 12.2 Å². The van der Waals surface area contributed by atoms with E-state index in [4.69, 9.17) is 21.7 Å². The summed E-state index contributed by atoms with van der Waals surface area (Å²) in [6, 6.07) is 11.2. The lowest BCUT2D eigenvalue weighted by Gasteiger charge is -2.50. The fourth-order valence-electron chi connectivity index (χ4n) is 4.01. The van der Waals surface area contributed by atoms with Crippen LogP contribution in [0.25, 0.3) is 0 Å². The molecule has 6 nitrogen and oxygen atoms in total. The Morgan fingerprint density at radius 1 is 1.25 bits per heavy atom. The smallest absolute Gasteiger partial charge is 0.236 e. The zero-order valence-electron chi connectivity index (χ0n) is 16.3. The third kappa shape index (κ3) is 3.05. The minimum atomic E-state index is -0.961. The molecule has 2 heterocycles. The van der Waals surface area contributed by atoms with Crippen molar-refractivity contribution in [3.8, 4) is 11.5 Å². The summed E-state index contributed by atoms with van der Waals surface area (Å²) in [6.07, 6.45) is 0. The number of benzene rings is 2. The van der Waals surface area contributed by atoms with E-state index in [1.165, 1.54) is 0 Å². The molecule has 7 heteroatoms. The second-order valence-corrected chi connectivity index (χ2v) is 7.88. The van der Waals surface area contributed by atoms with Gasteiger partial charge in [-0.2, -0.15) is 0 Å². The molecule has 1 saturated heterocycles. The van der Waals surface area contributed by atoms with E-state index >= 15 is 0 Å². The number of aryl methyl sites for hydroxylation is 2. The summed E-state index contributed by atoms with van der Waals surface area (Å²) in [6.45, 7) is 5.86. The second kappa shape index (κ2) is 6.67. The molecule has 1 fully saturated rings. The molecule has 3 N–H and O–H groups in total. The Morgan fingerprint density at radius 2 is 2.04 bits per heavy atom. The van der Waals surface area contributed by atoms with Gasteiger partial charge >= 0.3 is 0 Å². The van der Waals surface area contributed by atoms with Crippen molar-refractivity contribution in [3.63, 3.8) is 0 Å². The average Bonchev–Trinajstić information content (AvgIpc) is 2.62. The molecule has 2 aromatic rings. The Kier molecular flexibility index (Phi) is 4.42. The van der Waals surface area contributed by atoms with Gasteiger partial charge in [-0.1, -0.05) is 17.7 Å². The van der Waals surface area contributed by atoms with E-state index in [0.717, 1.165) is 22.4 Å². The van der Waals surface area contributed by atoms with Gasteiger partial charge in [0.15, 0.2) is 10.8 Å². The van der Waals surface area contributed by atoms with Crippen LogP contribution in [0, 0.1) is 19.8 Å². The van der Waals surface area contributed by atoms with Crippen molar-refractivity contribution in [3.05, 3.63) is 53.1 Å². The molecule has 0 spiro atoms. The molecule has 2 aliphatic heterocycles. The summed E-state index contributed by atoms with van der Waals surface area (Å²) in [5, 5.41) is 9.90. The van der Waals surface area contributed by atoms with Gasteiger partial charge in [0.05, 0.1) is 13.2 Å². The molecule has 28 heavy (non-hydrogen) atoms. The van der Waals surface area contributed by atoms with Crippen LogP contribution in [0.2, 0.25) is 0 Å².